The fourth-order valence-electron chi connectivity index (χ4n) is 3.98. The molecule has 32 heavy (non-hydrogen) atoms. The topological polar surface area (TPSA) is 61.9 Å². The van der Waals surface area contributed by atoms with Gasteiger partial charge < -0.3 is 9.64 Å². The molecule has 6 nitrogen and oxygen atoms in total. The lowest BCUT2D eigenvalue weighted by molar-refractivity contribution is 0.261. The number of benzene rings is 3. The van der Waals surface area contributed by atoms with Crippen molar-refractivity contribution in [3.8, 4) is 16.9 Å². The molecule has 3 aromatic carbocycles. The monoisotopic (exact) mass is 451 g/mol. The van der Waals surface area contributed by atoms with Crippen LogP contribution in [-0.4, -0.2) is 59.7 Å². The van der Waals surface area contributed by atoms with Crippen molar-refractivity contribution < 1.29 is 13.2 Å². The molecule has 1 fully saturated rings. The summed E-state index contributed by atoms with van der Waals surface area (Å²) in [6.07, 6.45) is 0. The Morgan fingerprint density at radius 2 is 1.44 bits per heavy atom. The number of ether oxygens (including phenoxy) is 1. The number of methoxy groups -OCH3 is 1. The molecule has 1 N–H and O–H groups in total. The van der Waals surface area contributed by atoms with E-state index in [2.05, 4.69) is 20.6 Å². The molecule has 4 rings (SSSR count). The molecule has 0 unspecified atom stereocenters. The number of nitrogens with one attached hydrogen (secondary N) is 1. The third kappa shape index (κ3) is 5.30. The van der Waals surface area contributed by atoms with E-state index in [-0.39, 0.29) is 4.90 Å². The van der Waals surface area contributed by atoms with E-state index >= 15 is 0 Å². The Kier molecular flexibility index (Phi) is 7.09. The van der Waals surface area contributed by atoms with Gasteiger partial charge in [0, 0.05) is 39.3 Å². The van der Waals surface area contributed by atoms with E-state index in [1.54, 1.807) is 19.2 Å². The fourth-order valence-corrected chi connectivity index (χ4v) is 5.00. The molecule has 0 saturated carbocycles. The minimum atomic E-state index is -3.53. The molecule has 168 valence electrons. The molecule has 0 spiro atoms. The zero-order chi connectivity index (χ0) is 22.4. The predicted molar refractivity (Wildman–Crippen MR) is 129 cm³/mol. The van der Waals surface area contributed by atoms with Crippen LogP contribution in [0.1, 0.15) is 0 Å². The van der Waals surface area contributed by atoms with Crippen LogP contribution in [-0.2, 0) is 10.0 Å². The first-order valence-corrected chi connectivity index (χ1v) is 12.3. The smallest absolute Gasteiger partial charge is 0.240 e. The standard InChI is InChI=1S/C25H29N3O3S/c1-31-25-10-6-5-9-24(25)28-19-17-27(18-20-28)16-15-26-32(29,30)23-13-11-22(12-14-23)21-7-3-2-4-8-21/h2-14,26H,15-20H2,1H3. The molecule has 0 atom stereocenters. The van der Waals surface area contributed by atoms with E-state index in [4.69, 9.17) is 4.74 Å². The van der Waals surface area contributed by atoms with Crippen molar-refractivity contribution >= 4 is 15.7 Å². The van der Waals surface area contributed by atoms with Crippen molar-refractivity contribution in [1.29, 1.82) is 0 Å². The van der Waals surface area contributed by atoms with Crippen molar-refractivity contribution in [2.24, 2.45) is 0 Å². The average molecular weight is 452 g/mol. The van der Waals surface area contributed by atoms with Gasteiger partial charge in [-0.3, -0.25) is 4.90 Å². The second kappa shape index (κ2) is 10.2. The lowest BCUT2D eigenvalue weighted by atomic mass is 10.1. The number of sulfonamides is 1. The van der Waals surface area contributed by atoms with Gasteiger partial charge in [0.1, 0.15) is 5.75 Å². The summed E-state index contributed by atoms with van der Waals surface area (Å²) in [5.41, 5.74) is 3.17. The zero-order valence-corrected chi connectivity index (χ0v) is 19.1. The van der Waals surface area contributed by atoms with Crippen LogP contribution in [0.3, 0.4) is 0 Å². The summed E-state index contributed by atoms with van der Waals surface area (Å²) in [5.74, 6) is 0.881. The second-order valence-corrected chi connectivity index (χ2v) is 9.56. The third-order valence-electron chi connectivity index (χ3n) is 5.79. The molecular weight excluding hydrogens is 422 g/mol. The van der Waals surface area contributed by atoms with Gasteiger partial charge in [0.05, 0.1) is 17.7 Å². The minimum Gasteiger partial charge on any atom is -0.495 e. The Labute approximate surface area is 190 Å². The van der Waals surface area contributed by atoms with Crippen molar-refractivity contribution in [3.05, 3.63) is 78.9 Å². The van der Waals surface area contributed by atoms with E-state index in [0.717, 1.165) is 48.7 Å². The number of rotatable bonds is 8. The maximum Gasteiger partial charge on any atom is 0.240 e. The molecule has 0 aromatic heterocycles. The quantitative estimate of drug-likeness (QED) is 0.568. The van der Waals surface area contributed by atoms with Crippen LogP contribution in [0.2, 0.25) is 0 Å². The number of nitrogens with zero attached hydrogens (tertiary/aromatic N) is 2. The Hall–Kier alpha value is -2.87. The first kappa shape index (κ1) is 22.3. The minimum absolute atomic E-state index is 0.290. The SMILES string of the molecule is COc1ccccc1N1CCN(CCNS(=O)(=O)c2ccc(-c3ccccc3)cc2)CC1. The molecule has 1 aliphatic heterocycles. The zero-order valence-electron chi connectivity index (χ0n) is 18.3. The van der Waals surface area contributed by atoms with Gasteiger partial charge in [0.15, 0.2) is 0 Å². The van der Waals surface area contributed by atoms with Crippen LogP contribution in [0.5, 0.6) is 5.75 Å². The van der Waals surface area contributed by atoms with E-state index in [1.807, 2.05) is 60.7 Å². The van der Waals surface area contributed by atoms with Crippen LogP contribution in [0.25, 0.3) is 11.1 Å². The Morgan fingerprint density at radius 1 is 0.812 bits per heavy atom. The van der Waals surface area contributed by atoms with Gasteiger partial charge in [-0.15, -0.1) is 0 Å². The summed E-state index contributed by atoms with van der Waals surface area (Å²) in [4.78, 5) is 4.89. The van der Waals surface area contributed by atoms with Crippen LogP contribution in [0.4, 0.5) is 5.69 Å². The fraction of sp³-hybridized carbons (Fsp3) is 0.280. The van der Waals surface area contributed by atoms with E-state index in [1.165, 1.54) is 0 Å². The number of hydrogen-bond acceptors (Lipinski definition) is 5. The van der Waals surface area contributed by atoms with Crippen molar-refractivity contribution in [2.45, 2.75) is 4.90 Å². The molecule has 1 saturated heterocycles. The van der Waals surface area contributed by atoms with Gasteiger partial charge in [0.25, 0.3) is 0 Å². The number of anilines is 1. The lowest BCUT2D eigenvalue weighted by Crippen LogP contribution is -2.48. The maximum atomic E-state index is 12.7. The van der Waals surface area contributed by atoms with Crippen LogP contribution >= 0.6 is 0 Å². The average Bonchev–Trinajstić information content (AvgIpc) is 2.85. The number of hydrogen-bond donors (Lipinski definition) is 1. The Morgan fingerprint density at radius 3 is 2.12 bits per heavy atom. The summed E-state index contributed by atoms with van der Waals surface area (Å²) >= 11 is 0. The summed E-state index contributed by atoms with van der Waals surface area (Å²) in [5, 5.41) is 0. The normalized spacial score (nSPS) is 15.0. The molecule has 1 heterocycles. The first-order chi connectivity index (χ1) is 15.6. The Bertz CT molecular complexity index is 1110. The molecular formula is C25H29N3O3S. The predicted octanol–water partition coefficient (Wildman–Crippen LogP) is 3.46. The molecule has 0 bridgehead atoms. The summed E-state index contributed by atoms with van der Waals surface area (Å²) in [7, 11) is -1.84. The highest BCUT2D eigenvalue weighted by Gasteiger charge is 2.20. The number of piperazine rings is 1. The molecule has 1 aliphatic rings. The van der Waals surface area contributed by atoms with E-state index in [0.29, 0.717) is 13.1 Å². The highest BCUT2D eigenvalue weighted by Crippen LogP contribution is 2.28. The van der Waals surface area contributed by atoms with E-state index < -0.39 is 10.0 Å². The van der Waals surface area contributed by atoms with Crippen molar-refractivity contribution in [3.63, 3.8) is 0 Å². The van der Waals surface area contributed by atoms with Gasteiger partial charge in [0.2, 0.25) is 10.0 Å². The van der Waals surface area contributed by atoms with Crippen molar-refractivity contribution in [2.75, 3.05) is 51.3 Å². The van der Waals surface area contributed by atoms with Crippen LogP contribution in [0.15, 0.2) is 83.8 Å². The van der Waals surface area contributed by atoms with Crippen LogP contribution in [0, 0.1) is 0 Å². The van der Waals surface area contributed by atoms with Gasteiger partial charge in [-0.2, -0.15) is 0 Å². The molecule has 0 radical (unpaired) electrons. The first-order valence-electron chi connectivity index (χ1n) is 10.8. The van der Waals surface area contributed by atoms with E-state index in [9.17, 15) is 8.42 Å². The highest BCUT2D eigenvalue weighted by molar-refractivity contribution is 7.89. The van der Waals surface area contributed by atoms with Crippen molar-refractivity contribution in [1.82, 2.24) is 9.62 Å². The Balaban J connectivity index is 1.27. The summed E-state index contributed by atoms with van der Waals surface area (Å²) in [6, 6.07) is 25.0. The third-order valence-corrected chi connectivity index (χ3v) is 7.27. The molecule has 0 aliphatic carbocycles. The largest absolute Gasteiger partial charge is 0.495 e. The summed E-state index contributed by atoms with van der Waals surface area (Å²) in [6.45, 7) is 4.60. The second-order valence-electron chi connectivity index (χ2n) is 7.79. The lowest BCUT2D eigenvalue weighted by Gasteiger charge is -2.36. The van der Waals surface area contributed by atoms with Crippen LogP contribution < -0.4 is 14.4 Å². The molecule has 3 aromatic rings. The van der Waals surface area contributed by atoms with Gasteiger partial charge in [-0.05, 0) is 35.4 Å². The highest BCUT2D eigenvalue weighted by atomic mass is 32.2. The molecule has 7 heteroatoms. The van der Waals surface area contributed by atoms with Gasteiger partial charge in [-0.25, -0.2) is 13.1 Å². The van der Waals surface area contributed by atoms with Gasteiger partial charge >= 0.3 is 0 Å². The summed E-state index contributed by atoms with van der Waals surface area (Å²) < 4.78 is 33.6. The molecule has 0 amide bonds. The maximum absolute atomic E-state index is 12.7. The number of para-hydroxylation sites is 2. The van der Waals surface area contributed by atoms with Gasteiger partial charge in [-0.1, -0.05) is 54.6 Å².